The second kappa shape index (κ2) is 4.77. The van der Waals surface area contributed by atoms with Crippen LogP contribution in [0.15, 0.2) is 24.3 Å². The minimum Gasteiger partial charge on any atom is -0.302 e. The van der Waals surface area contributed by atoms with Crippen molar-refractivity contribution in [2.24, 2.45) is 0 Å². The van der Waals surface area contributed by atoms with Gasteiger partial charge in [0.05, 0.1) is 12.6 Å². The van der Waals surface area contributed by atoms with Gasteiger partial charge in [0.1, 0.15) is 0 Å². The molecule has 1 aliphatic carbocycles. The fourth-order valence-electron chi connectivity index (χ4n) is 2.31. The Hall–Kier alpha value is -0.860. The molecule has 2 rings (SSSR count). The van der Waals surface area contributed by atoms with Gasteiger partial charge in [-0.15, -0.1) is 0 Å². The largest absolute Gasteiger partial charge is 0.302 e. The smallest absolute Gasteiger partial charge is 0.0654 e. The number of hydroxylamine groups is 1. The van der Waals surface area contributed by atoms with Crippen LogP contribution in [0.2, 0.25) is 0 Å². The maximum atomic E-state index is 5.32. The highest BCUT2D eigenvalue weighted by Crippen LogP contribution is 2.36. The summed E-state index contributed by atoms with van der Waals surface area (Å²) < 4.78 is 0. The summed E-state index contributed by atoms with van der Waals surface area (Å²) in [6, 6.07) is 9.05. The lowest BCUT2D eigenvalue weighted by Crippen LogP contribution is -2.26. The summed E-state index contributed by atoms with van der Waals surface area (Å²) in [4.78, 5) is 5.32. The van der Waals surface area contributed by atoms with Crippen molar-refractivity contribution in [1.82, 2.24) is 5.48 Å². The Balaban J connectivity index is 2.20. The topological polar surface area (TPSA) is 21.3 Å². The number of hydrogen-bond acceptors (Lipinski definition) is 2. The average Bonchev–Trinajstić information content (AvgIpc) is 2.29. The molecule has 1 N–H and O–H groups in total. The standard InChI is InChI=1S/C13H19NO/c1-3-15-14-13-9-8-10(2)11-6-4-5-7-12(11)13/h4-7,10,13-14H,3,8-9H2,1-2H3. The summed E-state index contributed by atoms with van der Waals surface area (Å²) in [7, 11) is 0. The van der Waals surface area contributed by atoms with Gasteiger partial charge < -0.3 is 4.84 Å². The van der Waals surface area contributed by atoms with E-state index in [1.165, 1.54) is 17.5 Å². The molecule has 2 heteroatoms. The minimum absolute atomic E-state index is 0.373. The Morgan fingerprint density at radius 1 is 1.27 bits per heavy atom. The molecule has 0 heterocycles. The Morgan fingerprint density at radius 2 is 2.00 bits per heavy atom. The predicted molar refractivity (Wildman–Crippen MR) is 61.6 cm³/mol. The molecule has 0 fully saturated rings. The van der Waals surface area contributed by atoms with E-state index in [2.05, 4.69) is 36.7 Å². The number of rotatable bonds is 3. The van der Waals surface area contributed by atoms with Gasteiger partial charge in [0, 0.05) is 0 Å². The lowest BCUT2D eigenvalue weighted by molar-refractivity contribution is 0.0190. The van der Waals surface area contributed by atoms with Gasteiger partial charge in [-0.25, -0.2) is 0 Å². The zero-order valence-electron chi connectivity index (χ0n) is 9.49. The third-order valence-electron chi connectivity index (χ3n) is 3.16. The van der Waals surface area contributed by atoms with Gasteiger partial charge in [-0.1, -0.05) is 31.2 Å². The second-order valence-electron chi connectivity index (χ2n) is 4.21. The van der Waals surface area contributed by atoms with Crippen LogP contribution in [0, 0.1) is 0 Å². The summed E-state index contributed by atoms with van der Waals surface area (Å²) in [5.74, 6) is 0.681. The van der Waals surface area contributed by atoms with Crippen LogP contribution < -0.4 is 5.48 Å². The molecule has 0 aliphatic heterocycles. The molecule has 1 aliphatic rings. The summed E-state index contributed by atoms with van der Waals surface area (Å²) in [6.45, 7) is 5.02. The second-order valence-corrected chi connectivity index (χ2v) is 4.21. The van der Waals surface area contributed by atoms with E-state index in [0.29, 0.717) is 18.6 Å². The van der Waals surface area contributed by atoms with Crippen LogP contribution in [0.5, 0.6) is 0 Å². The highest BCUT2D eigenvalue weighted by atomic mass is 16.6. The van der Waals surface area contributed by atoms with Gasteiger partial charge in [0.2, 0.25) is 0 Å². The number of benzene rings is 1. The molecule has 1 aromatic carbocycles. The molecule has 0 amide bonds. The first-order valence-corrected chi connectivity index (χ1v) is 5.79. The summed E-state index contributed by atoms with van der Waals surface area (Å²) in [5.41, 5.74) is 6.03. The van der Waals surface area contributed by atoms with Crippen LogP contribution in [0.3, 0.4) is 0 Å². The third kappa shape index (κ3) is 2.21. The Morgan fingerprint density at radius 3 is 2.73 bits per heavy atom. The van der Waals surface area contributed by atoms with Gasteiger partial charge in [-0.2, -0.15) is 5.48 Å². The van der Waals surface area contributed by atoms with Crippen molar-refractivity contribution in [3.63, 3.8) is 0 Å². The van der Waals surface area contributed by atoms with Crippen LogP contribution in [-0.4, -0.2) is 6.61 Å². The number of fused-ring (bicyclic) bond motifs is 1. The molecule has 15 heavy (non-hydrogen) atoms. The zero-order chi connectivity index (χ0) is 10.7. The Kier molecular flexibility index (Phi) is 3.39. The molecule has 2 unspecified atom stereocenters. The van der Waals surface area contributed by atoms with Crippen molar-refractivity contribution in [3.8, 4) is 0 Å². The molecule has 0 spiro atoms. The normalized spacial score (nSPS) is 24.9. The van der Waals surface area contributed by atoms with Gasteiger partial charge >= 0.3 is 0 Å². The SMILES string of the molecule is CCONC1CCC(C)c2ccccc21. The minimum atomic E-state index is 0.373. The molecule has 0 bridgehead atoms. The highest BCUT2D eigenvalue weighted by molar-refractivity contribution is 5.34. The van der Waals surface area contributed by atoms with Crippen LogP contribution >= 0.6 is 0 Å². The summed E-state index contributed by atoms with van der Waals surface area (Å²) in [5, 5.41) is 0. The van der Waals surface area contributed by atoms with Crippen molar-refractivity contribution >= 4 is 0 Å². The van der Waals surface area contributed by atoms with Crippen molar-refractivity contribution in [2.45, 2.75) is 38.6 Å². The van der Waals surface area contributed by atoms with E-state index in [1.54, 1.807) is 0 Å². The highest BCUT2D eigenvalue weighted by Gasteiger charge is 2.23. The Bertz CT molecular complexity index is 324. The van der Waals surface area contributed by atoms with Crippen LogP contribution in [0.25, 0.3) is 0 Å². The lowest BCUT2D eigenvalue weighted by atomic mass is 9.81. The predicted octanol–water partition coefficient (Wildman–Crippen LogP) is 3.17. The quantitative estimate of drug-likeness (QED) is 0.765. The van der Waals surface area contributed by atoms with Gasteiger partial charge in [-0.05, 0) is 36.8 Å². The maximum absolute atomic E-state index is 5.32. The molecule has 82 valence electrons. The summed E-state index contributed by atoms with van der Waals surface area (Å²) in [6.07, 6.45) is 2.40. The zero-order valence-corrected chi connectivity index (χ0v) is 9.49. The maximum Gasteiger partial charge on any atom is 0.0654 e. The fraction of sp³-hybridized carbons (Fsp3) is 0.538. The van der Waals surface area contributed by atoms with Crippen LogP contribution in [0.1, 0.15) is 49.8 Å². The van der Waals surface area contributed by atoms with Gasteiger partial charge in [0.15, 0.2) is 0 Å². The van der Waals surface area contributed by atoms with E-state index >= 15 is 0 Å². The number of nitrogens with one attached hydrogen (secondary N) is 1. The van der Waals surface area contributed by atoms with Crippen molar-refractivity contribution in [2.75, 3.05) is 6.61 Å². The Labute approximate surface area is 91.6 Å². The monoisotopic (exact) mass is 205 g/mol. The molecular weight excluding hydrogens is 186 g/mol. The van der Waals surface area contributed by atoms with E-state index in [9.17, 15) is 0 Å². The van der Waals surface area contributed by atoms with Gasteiger partial charge in [0.25, 0.3) is 0 Å². The first-order chi connectivity index (χ1) is 7.33. The lowest BCUT2D eigenvalue weighted by Gasteiger charge is -2.29. The third-order valence-corrected chi connectivity index (χ3v) is 3.16. The van der Waals surface area contributed by atoms with E-state index in [0.717, 1.165) is 6.42 Å². The van der Waals surface area contributed by atoms with Crippen molar-refractivity contribution in [3.05, 3.63) is 35.4 Å². The van der Waals surface area contributed by atoms with Crippen molar-refractivity contribution in [1.29, 1.82) is 0 Å². The molecule has 0 saturated carbocycles. The molecule has 0 radical (unpaired) electrons. The molecular formula is C13H19NO. The van der Waals surface area contributed by atoms with Crippen LogP contribution in [0.4, 0.5) is 0 Å². The number of hydrogen-bond donors (Lipinski definition) is 1. The molecule has 1 aromatic rings. The summed E-state index contributed by atoms with van der Waals surface area (Å²) >= 11 is 0. The van der Waals surface area contributed by atoms with Crippen LogP contribution in [-0.2, 0) is 4.84 Å². The first kappa shape index (κ1) is 10.7. The van der Waals surface area contributed by atoms with E-state index < -0.39 is 0 Å². The van der Waals surface area contributed by atoms with E-state index in [4.69, 9.17) is 4.84 Å². The molecule has 0 aromatic heterocycles. The van der Waals surface area contributed by atoms with E-state index in [1.807, 2.05) is 6.92 Å². The van der Waals surface area contributed by atoms with Crippen molar-refractivity contribution < 1.29 is 4.84 Å². The van der Waals surface area contributed by atoms with Gasteiger partial charge in [-0.3, -0.25) is 0 Å². The fourth-order valence-corrected chi connectivity index (χ4v) is 2.31. The molecule has 0 saturated heterocycles. The molecule has 2 nitrogen and oxygen atoms in total. The average molecular weight is 205 g/mol. The molecule has 2 atom stereocenters. The first-order valence-electron chi connectivity index (χ1n) is 5.79. The van der Waals surface area contributed by atoms with E-state index in [-0.39, 0.29) is 0 Å².